The van der Waals surface area contributed by atoms with Crippen molar-refractivity contribution in [2.75, 3.05) is 6.54 Å². The van der Waals surface area contributed by atoms with Gasteiger partial charge in [0.2, 0.25) is 0 Å². The molecule has 0 aliphatic heterocycles. The van der Waals surface area contributed by atoms with Gasteiger partial charge < -0.3 is 5.32 Å². The third-order valence-corrected chi connectivity index (χ3v) is 3.06. The zero-order chi connectivity index (χ0) is 14.4. The van der Waals surface area contributed by atoms with E-state index >= 15 is 0 Å². The van der Waals surface area contributed by atoms with Crippen molar-refractivity contribution in [3.05, 3.63) is 48.3 Å². The van der Waals surface area contributed by atoms with Gasteiger partial charge in [-0.1, -0.05) is 32.0 Å². The minimum atomic E-state index is 0.136. The van der Waals surface area contributed by atoms with E-state index < -0.39 is 0 Å². The normalized spacial score (nSPS) is 10.9. The summed E-state index contributed by atoms with van der Waals surface area (Å²) in [6.45, 7) is 5.07. The van der Waals surface area contributed by atoms with E-state index in [0.29, 0.717) is 18.2 Å². The summed E-state index contributed by atoms with van der Waals surface area (Å²) in [5.74, 6) is 0.136. The Labute approximate surface area is 119 Å². The topological polar surface area (TPSA) is 46.9 Å². The molecule has 0 bridgehead atoms. The maximum Gasteiger partial charge on any atom is 0.181 e. The molecule has 0 atom stereocenters. The molecule has 4 heteroatoms. The van der Waals surface area contributed by atoms with E-state index in [1.165, 1.54) is 0 Å². The fourth-order valence-electron chi connectivity index (χ4n) is 2.06. The van der Waals surface area contributed by atoms with Gasteiger partial charge in [-0.25, -0.2) is 4.68 Å². The number of hydrogen-bond donors (Lipinski definition) is 1. The van der Waals surface area contributed by atoms with Gasteiger partial charge in [0.15, 0.2) is 5.78 Å². The van der Waals surface area contributed by atoms with Gasteiger partial charge in [0.1, 0.15) is 5.69 Å². The van der Waals surface area contributed by atoms with Crippen molar-refractivity contribution in [1.82, 2.24) is 15.1 Å². The molecule has 0 saturated heterocycles. The van der Waals surface area contributed by atoms with Crippen molar-refractivity contribution in [2.45, 2.75) is 32.7 Å². The predicted molar refractivity (Wildman–Crippen MR) is 80.3 cm³/mol. The Morgan fingerprint density at radius 2 is 2.00 bits per heavy atom. The molecule has 0 spiro atoms. The van der Waals surface area contributed by atoms with Crippen molar-refractivity contribution in [3.63, 3.8) is 0 Å². The number of ketones is 1. The highest BCUT2D eigenvalue weighted by molar-refractivity contribution is 5.94. The molecule has 0 aliphatic carbocycles. The van der Waals surface area contributed by atoms with Crippen LogP contribution >= 0.6 is 0 Å². The second-order valence-electron chi connectivity index (χ2n) is 5.10. The summed E-state index contributed by atoms with van der Waals surface area (Å²) in [4.78, 5) is 12.3. The highest BCUT2D eigenvalue weighted by atomic mass is 16.1. The number of rotatable bonds is 7. The molecular formula is C16H21N3O. The maximum atomic E-state index is 12.3. The van der Waals surface area contributed by atoms with Crippen LogP contribution in [0.1, 0.15) is 37.2 Å². The summed E-state index contributed by atoms with van der Waals surface area (Å²) in [6.07, 6.45) is 3.06. The van der Waals surface area contributed by atoms with Gasteiger partial charge >= 0.3 is 0 Å². The lowest BCUT2D eigenvalue weighted by atomic mass is 10.1. The molecule has 0 amide bonds. The highest BCUT2D eigenvalue weighted by Gasteiger charge is 2.12. The first kappa shape index (κ1) is 14.5. The molecule has 0 radical (unpaired) electrons. The smallest absolute Gasteiger partial charge is 0.181 e. The molecule has 0 aliphatic rings. The van der Waals surface area contributed by atoms with Crippen LogP contribution in [0.25, 0.3) is 5.69 Å². The van der Waals surface area contributed by atoms with Crippen molar-refractivity contribution in [3.8, 4) is 5.69 Å². The SMILES string of the molecule is CC(C)NCCCC(=O)c1ccnn1-c1ccccc1. The van der Waals surface area contributed by atoms with Crippen LogP contribution in [0, 0.1) is 0 Å². The molecule has 2 aromatic rings. The number of Topliss-reactive ketones (excluding diaryl/α,β-unsaturated/α-hetero) is 1. The number of para-hydroxylation sites is 1. The van der Waals surface area contributed by atoms with E-state index in [0.717, 1.165) is 18.7 Å². The van der Waals surface area contributed by atoms with E-state index in [1.54, 1.807) is 16.9 Å². The quantitative estimate of drug-likeness (QED) is 0.622. The Morgan fingerprint density at radius 3 is 2.70 bits per heavy atom. The molecule has 106 valence electrons. The van der Waals surface area contributed by atoms with Crippen molar-refractivity contribution in [1.29, 1.82) is 0 Å². The summed E-state index contributed by atoms with van der Waals surface area (Å²) in [6, 6.07) is 12.0. The number of benzene rings is 1. The minimum Gasteiger partial charge on any atom is -0.315 e. The summed E-state index contributed by atoms with van der Waals surface area (Å²) in [7, 11) is 0. The van der Waals surface area contributed by atoms with E-state index in [9.17, 15) is 4.79 Å². The fourth-order valence-corrected chi connectivity index (χ4v) is 2.06. The standard InChI is InChI=1S/C16H21N3O/c1-13(2)17-11-6-9-16(20)15-10-12-18-19(15)14-7-4-3-5-8-14/h3-5,7-8,10,12-13,17H,6,9,11H2,1-2H3. The van der Waals surface area contributed by atoms with Crippen LogP contribution in [-0.2, 0) is 0 Å². The maximum absolute atomic E-state index is 12.3. The minimum absolute atomic E-state index is 0.136. The Hall–Kier alpha value is -1.94. The summed E-state index contributed by atoms with van der Waals surface area (Å²) < 4.78 is 1.71. The first-order valence-electron chi connectivity index (χ1n) is 7.04. The Morgan fingerprint density at radius 1 is 1.25 bits per heavy atom. The molecule has 1 aromatic heterocycles. The monoisotopic (exact) mass is 271 g/mol. The number of hydrogen-bond acceptors (Lipinski definition) is 3. The van der Waals surface area contributed by atoms with Crippen LogP contribution < -0.4 is 5.32 Å². The molecule has 1 heterocycles. The van der Waals surface area contributed by atoms with Crippen molar-refractivity contribution >= 4 is 5.78 Å². The Balaban J connectivity index is 1.99. The molecule has 0 fully saturated rings. The number of carbonyl (C=O) groups is 1. The fraction of sp³-hybridized carbons (Fsp3) is 0.375. The average Bonchev–Trinajstić information content (AvgIpc) is 2.93. The first-order chi connectivity index (χ1) is 9.68. The second kappa shape index (κ2) is 7.01. The molecular weight excluding hydrogens is 250 g/mol. The molecule has 0 saturated carbocycles. The molecule has 4 nitrogen and oxygen atoms in total. The second-order valence-corrected chi connectivity index (χ2v) is 5.10. The summed E-state index contributed by atoms with van der Waals surface area (Å²) in [5.41, 5.74) is 1.57. The Kier molecular flexibility index (Phi) is 5.07. The zero-order valence-corrected chi connectivity index (χ0v) is 12.0. The largest absolute Gasteiger partial charge is 0.315 e. The zero-order valence-electron chi connectivity index (χ0n) is 12.0. The van der Waals surface area contributed by atoms with Gasteiger partial charge in [0.25, 0.3) is 0 Å². The van der Waals surface area contributed by atoms with E-state index in [1.807, 2.05) is 30.3 Å². The summed E-state index contributed by atoms with van der Waals surface area (Å²) in [5, 5.41) is 7.56. The van der Waals surface area contributed by atoms with Crippen LogP contribution in [0.4, 0.5) is 0 Å². The summed E-state index contributed by atoms with van der Waals surface area (Å²) >= 11 is 0. The molecule has 1 aromatic carbocycles. The Bertz CT molecular complexity index is 546. The van der Waals surface area contributed by atoms with E-state index in [-0.39, 0.29) is 5.78 Å². The lowest BCUT2D eigenvalue weighted by Gasteiger charge is -2.08. The van der Waals surface area contributed by atoms with Gasteiger partial charge in [-0.15, -0.1) is 0 Å². The number of nitrogens with one attached hydrogen (secondary N) is 1. The van der Waals surface area contributed by atoms with Gasteiger partial charge in [0, 0.05) is 12.5 Å². The lowest BCUT2D eigenvalue weighted by molar-refractivity contribution is 0.0972. The van der Waals surface area contributed by atoms with Crippen LogP contribution in [-0.4, -0.2) is 28.2 Å². The molecule has 0 unspecified atom stereocenters. The van der Waals surface area contributed by atoms with E-state index in [2.05, 4.69) is 24.3 Å². The lowest BCUT2D eigenvalue weighted by Crippen LogP contribution is -2.24. The first-order valence-corrected chi connectivity index (χ1v) is 7.04. The van der Waals surface area contributed by atoms with Gasteiger partial charge in [-0.05, 0) is 31.2 Å². The van der Waals surface area contributed by atoms with Gasteiger partial charge in [-0.2, -0.15) is 5.10 Å². The molecule has 20 heavy (non-hydrogen) atoms. The van der Waals surface area contributed by atoms with Crippen LogP contribution in [0.2, 0.25) is 0 Å². The van der Waals surface area contributed by atoms with E-state index in [4.69, 9.17) is 0 Å². The number of nitrogens with zero attached hydrogens (tertiary/aromatic N) is 2. The molecule has 1 N–H and O–H groups in total. The average molecular weight is 271 g/mol. The highest BCUT2D eigenvalue weighted by Crippen LogP contribution is 2.12. The third-order valence-electron chi connectivity index (χ3n) is 3.06. The van der Waals surface area contributed by atoms with Crippen LogP contribution in [0.15, 0.2) is 42.6 Å². The predicted octanol–water partition coefficient (Wildman–Crippen LogP) is 2.83. The third kappa shape index (κ3) is 3.78. The number of carbonyl (C=O) groups excluding carboxylic acids is 1. The number of aromatic nitrogens is 2. The van der Waals surface area contributed by atoms with Crippen molar-refractivity contribution in [2.24, 2.45) is 0 Å². The molecule has 2 rings (SSSR count). The van der Waals surface area contributed by atoms with Crippen LogP contribution in [0.5, 0.6) is 0 Å². The van der Waals surface area contributed by atoms with Crippen molar-refractivity contribution < 1.29 is 4.79 Å². The van der Waals surface area contributed by atoms with Gasteiger partial charge in [-0.3, -0.25) is 4.79 Å². The van der Waals surface area contributed by atoms with Crippen LogP contribution in [0.3, 0.4) is 0 Å². The van der Waals surface area contributed by atoms with Gasteiger partial charge in [0.05, 0.1) is 11.9 Å².